The molecule has 0 radical (unpaired) electrons. The van der Waals surface area contributed by atoms with Gasteiger partial charge in [0.25, 0.3) is 0 Å². The second-order valence-electron chi connectivity index (χ2n) is 22.1. The quantitative estimate of drug-likeness (QED) is 0.115. The molecule has 0 unspecified atom stereocenters. The van der Waals surface area contributed by atoms with E-state index < -0.39 is 0 Å². The van der Waals surface area contributed by atoms with E-state index in [-0.39, 0.29) is 13.4 Å². The largest absolute Gasteiger partial charge is 0.244 e. The van der Waals surface area contributed by atoms with Crippen molar-refractivity contribution >= 4 is 78.5 Å². The molecule has 78 heavy (non-hydrogen) atoms. The van der Waals surface area contributed by atoms with Gasteiger partial charge in [0.2, 0.25) is 13.4 Å². The predicted octanol–water partition coefficient (Wildman–Crippen LogP) is 15.5. The van der Waals surface area contributed by atoms with Gasteiger partial charge in [-0.2, -0.15) is 0 Å². The maximum Gasteiger partial charge on any atom is 0.244 e. The van der Waals surface area contributed by atoms with Gasteiger partial charge < -0.3 is 0 Å². The van der Waals surface area contributed by atoms with Crippen LogP contribution >= 0.6 is 0 Å². The Kier molecular flexibility index (Phi) is 8.66. The Bertz CT molecular complexity index is 4540. The van der Waals surface area contributed by atoms with Gasteiger partial charge in [-0.25, -0.2) is 0 Å². The van der Waals surface area contributed by atoms with Crippen LogP contribution in [0, 0.1) is 0 Å². The molecule has 14 aromatic carbocycles. The Balaban J connectivity index is 1.02. The van der Waals surface area contributed by atoms with Crippen molar-refractivity contribution in [2.24, 2.45) is 0 Å². The van der Waals surface area contributed by atoms with Crippen molar-refractivity contribution in [2.45, 2.75) is 0 Å². The summed E-state index contributed by atoms with van der Waals surface area (Å²) in [5.74, 6) is 0. The van der Waals surface area contributed by atoms with E-state index >= 15 is 0 Å². The molecule has 4 aliphatic rings. The van der Waals surface area contributed by atoms with Crippen LogP contribution in [0.15, 0.2) is 267 Å². The number of fused-ring (bicyclic) bond motifs is 10. The third-order valence-electron chi connectivity index (χ3n) is 18.2. The van der Waals surface area contributed by atoms with E-state index in [1.165, 1.54) is 176 Å². The third-order valence-corrected chi connectivity index (χ3v) is 18.2. The molecule has 0 aliphatic carbocycles. The maximum atomic E-state index is 2.66. The molecular formula is C76H44B2. The van der Waals surface area contributed by atoms with Crippen molar-refractivity contribution in [1.82, 2.24) is 0 Å². The monoisotopic (exact) mass is 978 g/mol. The molecule has 14 aromatic rings. The maximum absolute atomic E-state index is 2.66. The molecular weight excluding hydrogens is 934 g/mol. The zero-order valence-electron chi connectivity index (χ0n) is 42.6. The zero-order chi connectivity index (χ0) is 50.7. The Morgan fingerprint density at radius 2 is 0.462 bits per heavy atom. The first kappa shape index (κ1) is 42.5. The first-order valence-electron chi connectivity index (χ1n) is 27.5. The van der Waals surface area contributed by atoms with Crippen LogP contribution in [-0.2, 0) is 0 Å². The summed E-state index contributed by atoms with van der Waals surface area (Å²) in [5, 5.41) is 8.18. The Morgan fingerprint density at radius 1 is 0.167 bits per heavy atom. The van der Waals surface area contributed by atoms with E-state index in [0.717, 1.165) is 0 Å². The molecule has 0 amide bonds. The lowest BCUT2D eigenvalue weighted by Gasteiger charge is -2.33. The molecule has 4 heterocycles. The van der Waals surface area contributed by atoms with Gasteiger partial charge >= 0.3 is 0 Å². The van der Waals surface area contributed by atoms with Gasteiger partial charge in [0, 0.05) is 0 Å². The lowest BCUT2D eigenvalue weighted by atomic mass is 9.34. The normalized spacial score (nSPS) is 12.8. The molecule has 4 aliphatic heterocycles. The molecule has 354 valence electrons. The van der Waals surface area contributed by atoms with Crippen LogP contribution in [0.25, 0.3) is 144 Å². The molecule has 0 saturated carbocycles. The molecule has 18 rings (SSSR count). The van der Waals surface area contributed by atoms with Gasteiger partial charge in [-0.15, -0.1) is 0 Å². The summed E-state index contributed by atoms with van der Waals surface area (Å²) in [6.45, 7) is 0.100. The second kappa shape index (κ2) is 15.9. The number of hydrogen-bond donors (Lipinski definition) is 0. The summed E-state index contributed by atoms with van der Waals surface area (Å²) in [6, 6.07) is 102. The fourth-order valence-electron chi connectivity index (χ4n) is 14.9. The van der Waals surface area contributed by atoms with Crippen molar-refractivity contribution in [3.8, 4) is 111 Å². The molecule has 0 fully saturated rings. The van der Waals surface area contributed by atoms with Gasteiger partial charge in [0.05, 0.1) is 0 Å². The zero-order valence-corrected chi connectivity index (χ0v) is 42.6. The summed E-state index contributed by atoms with van der Waals surface area (Å²) in [4.78, 5) is 0. The van der Waals surface area contributed by atoms with Gasteiger partial charge in [-0.05, 0) is 192 Å². The van der Waals surface area contributed by atoms with Crippen molar-refractivity contribution in [3.05, 3.63) is 267 Å². The number of rotatable bonds is 6. The van der Waals surface area contributed by atoms with Crippen LogP contribution in [-0.4, -0.2) is 13.4 Å². The summed E-state index contributed by atoms with van der Waals surface area (Å²) in [5.41, 5.74) is 34.1. The number of hydrogen-bond acceptors (Lipinski definition) is 0. The van der Waals surface area contributed by atoms with Crippen molar-refractivity contribution in [2.75, 3.05) is 0 Å². The van der Waals surface area contributed by atoms with Crippen LogP contribution < -0.4 is 32.8 Å². The third kappa shape index (κ3) is 5.81. The van der Waals surface area contributed by atoms with E-state index in [1.807, 2.05) is 0 Å². The van der Waals surface area contributed by atoms with E-state index in [2.05, 4.69) is 267 Å². The minimum Gasteiger partial charge on any atom is -0.0657 e. The molecule has 0 aromatic heterocycles. The topological polar surface area (TPSA) is 0 Å². The van der Waals surface area contributed by atoms with Crippen molar-refractivity contribution < 1.29 is 0 Å². The standard InChI is InChI=1S/C76H44B2/c1-7-19-45(20-8-1)51-31-33-67-57(35-51)63-37-53(47-23-11-3-12-24-47)39-65-59-41-55(49-27-15-5-16-28-49)62-44-70-72-60(42-56(50-29-17-6-18-30-50)61-43-69(77(67)75(63)65)71(59)73(62)74(61)72)66-40-54(48-25-13-4-14-26-48)38-64-58-36-52(46-21-9-2-10-22-46)32-34-68(58)78(70)76(64)66/h1-44H. The van der Waals surface area contributed by atoms with Gasteiger partial charge in [-0.1, -0.05) is 251 Å². The van der Waals surface area contributed by atoms with E-state index in [9.17, 15) is 0 Å². The van der Waals surface area contributed by atoms with Gasteiger partial charge in [-0.3, -0.25) is 0 Å². The van der Waals surface area contributed by atoms with Crippen LogP contribution in [0.5, 0.6) is 0 Å². The van der Waals surface area contributed by atoms with Crippen LogP contribution in [0.1, 0.15) is 0 Å². The lowest BCUT2D eigenvalue weighted by molar-refractivity contribution is 1.60. The van der Waals surface area contributed by atoms with Crippen LogP contribution in [0.4, 0.5) is 0 Å². The molecule has 0 saturated heterocycles. The highest BCUT2D eigenvalue weighted by Crippen LogP contribution is 2.52. The van der Waals surface area contributed by atoms with Gasteiger partial charge in [0.1, 0.15) is 0 Å². The summed E-state index contributed by atoms with van der Waals surface area (Å²) < 4.78 is 0. The highest BCUT2D eigenvalue weighted by atomic mass is 14.4. The van der Waals surface area contributed by atoms with E-state index in [0.29, 0.717) is 0 Å². The van der Waals surface area contributed by atoms with Crippen molar-refractivity contribution in [1.29, 1.82) is 0 Å². The molecule has 0 atom stereocenters. The Labute approximate surface area is 454 Å². The average Bonchev–Trinajstić information content (AvgIpc) is 3.20. The van der Waals surface area contributed by atoms with E-state index in [1.54, 1.807) is 0 Å². The molecule has 2 heteroatoms. The van der Waals surface area contributed by atoms with Crippen LogP contribution in [0.2, 0.25) is 0 Å². The van der Waals surface area contributed by atoms with E-state index in [4.69, 9.17) is 0 Å². The lowest BCUT2D eigenvalue weighted by Crippen LogP contribution is -2.53. The number of benzene rings is 14. The predicted molar refractivity (Wildman–Crippen MR) is 334 cm³/mol. The highest BCUT2D eigenvalue weighted by Gasteiger charge is 2.45. The minimum absolute atomic E-state index is 0.0502. The molecule has 0 spiro atoms. The first-order chi connectivity index (χ1) is 38.7. The smallest absolute Gasteiger partial charge is 0.0657 e. The van der Waals surface area contributed by atoms with Crippen molar-refractivity contribution in [3.63, 3.8) is 0 Å². The Hall–Kier alpha value is -9.75. The fourth-order valence-corrected chi connectivity index (χ4v) is 14.9. The average molecular weight is 979 g/mol. The molecule has 0 bridgehead atoms. The minimum atomic E-state index is 0.0502. The van der Waals surface area contributed by atoms with Gasteiger partial charge in [0.15, 0.2) is 0 Å². The summed E-state index contributed by atoms with van der Waals surface area (Å²) in [6.07, 6.45) is 0. The van der Waals surface area contributed by atoms with Crippen LogP contribution in [0.3, 0.4) is 0 Å². The molecule has 0 nitrogen and oxygen atoms in total. The second-order valence-corrected chi connectivity index (χ2v) is 22.1. The summed E-state index contributed by atoms with van der Waals surface area (Å²) >= 11 is 0. The highest BCUT2D eigenvalue weighted by molar-refractivity contribution is 7.03. The first-order valence-corrected chi connectivity index (χ1v) is 27.5. The SMILES string of the molecule is c1ccc(-c2ccc3c(c2)-c2cc(-c4ccccc4)cc4c2B3c2cc3c(-c5ccccc5)cc5c6c(cc7c(-c8ccccc8)cc-4c2c7c36)B2c3ccc(-c4ccccc4)cc3-c3cc(-c4ccccc4)cc-5c32)cc1. The molecule has 0 N–H and O–H groups in total. The summed E-state index contributed by atoms with van der Waals surface area (Å²) in [7, 11) is 0. The fraction of sp³-hybridized carbons (Fsp3) is 0. The Morgan fingerprint density at radius 3 is 0.808 bits per heavy atom.